The number of amides is 1. The van der Waals surface area contributed by atoms with E-state index in [1.54, 1.807) is 0 Å². The molecule has 1 aromatic carbocycles. The third-order valence-electron chi connectivity index (χ3n) is 3.70. The van der Waals surface area contributed by atoms with Gasteiger partial charge in [-0.1, -0.05) is 19.1 Å². The Labute approximate surface area is 107 Å². The number of carbonyl (C=O) groups excluding carboxylic acids is 1. The van der Waals surface area contributed by atoms with E-state index in [-0.39, 0.29) is 18.6 Å². The molecule has 2 rings (SSSR count). The number of hydrogen-bond acceptors (Lipinski definition) is 3. The van der Waals surface area contributed by atoms with E-state index in [1.165, 1.54) is 0 Å². The summed E-state index contributed by atoms with van der Waals surface area (Å²) >= 11 is 0. The third-order valence-corrected chi connectivity index (χ3v) is 3.70. The molecule has 1 amide bonds. The molecule has 4 heteroatoms. The van der Waals surface area contributed by atoms with Gasteiger partial charge in [0.2, 0.25) is 5.91 Å². The van der Waals surface area contributed by atoms with Crippen LogP contribution in [-0.2, 0) is 10.2 Å². The van der Waals surface area contributed by atoms with Crippen molar-refractivity contribution in [2.75, 3.05) is 12.3 Å². The number of nitrogens with one attached hydrogen (secondary N) is 1. The summed E-state index contributed by atoms with van der Waals surface area (Å²) in [5.74, 6) is 0.0215. The van der Waals surface area contributed by atoms with Crippen molar-refractivity contribution < 1.29 is 9.90 Å². The zero-order valence-electron chi connectivity index (χ0n) is 10.6. The van der Waals surface area contributed by atoms with Gasteiger partial charge in [0.1, 0.15) is 0 Å². The number of anilines is 1. The summed E-state index contributed by atoms with van der Waals surface area (Å²) in [5.41, 5.74) is 6.99. The Morgan fingerprint density at radius 2 is 2.06 bits per heavy atom. The smallest absolute Gasteiger partial charge is 0.230 e. The molecule has 4 nitrogen and oxygen atoms in total. The van der Waals surface area contributed by atoms with E-state index in [0.717, 1.165) is 24.8 Å². The number of hydrogen-bond donors (Lipinski definition) is 3. The molecule has 0 saturated heterocycles. The van der Waals surface area contributed by atoms with E-state index in [9.17, 15) is 4.79 Å². The Hall–Kier alpha value is -1.55. The fraction of sp³-hybridized carbons (Fsp3) is 0.500. The van der Waals surface area contributed by atoms with Gasteiger partial charge in [-0.05, 0) is 37.0 Å². The fourth-order valence-corrected chi connectivity index (χ4v) is 2.17. The lowest BCUT2D eigenvalue weighted by Crippen LogP contribution is -2.43. The van der Waals surface area contributed by atoms with Crippen LogP contribution in [0.5, 0.6) is 0 Å². The molecule has 1 atom stereocenters. The number of carbonyl (C=O) groups is 1. The van der Waals surface area contributed by atoms with Crippen LogP contribution < -0.4 is 11.1 Å². The monoisotopic (exact) mass is 248 g/mol. The molecule has 1 aromatic rings. The van der Waals surface area contributed by atoms with E-state index in [0.29, 0.717) is 5.69 Å². The molecule has 1 aliphatic carbocycles. The number of rotatable bonds is 5. The lowest BCUT2D eigenvalue weighted by atomic mass is 9.94. The molecule has 1 unspecified atom stereocenters. The Bertz CT molecular complexity index is 420. The Balaban J connectivity index is 2.11. The summed E-state index contributed by atoms with van der Waals surface area (Å²) < 4.78 is 0. The van der Waals surface area contributed by atoms with E-state index >= 15 is 0 Å². The SMILES string of the molecule is CCC(CO)NC(=O)C1(c2ccc(N)cc2)CC1. The van der Waals surface area contributed by atoms with Gasteiger partial charge in [0.15, 0.2) is 0 Å². The van der Waals surface area contributed by atoms with Crippen LogP contribution in [0, 0.1) is 0 Å². The topological polar surface area (TPSA) is 75.3 Å². The first-order chi connectivity index (χ1) is 8.62. The second-order valence-corrected chi connectivity index (χ2v) is 4.97. The van der Waals surface area contributed by atoms with Gasteiger partial charge in [0.25, 0.3) is 0 Å². The first-order valence-electron chi connectivity index (χ1n) is 6.40. The van der Waals surface area contributed by atoms with Crippen LogP contribution in [0.3, 0.4) is 0 Å². The Morgan fingerprint density at radius 1 is 1.44 bits per heavy atom. The summed E-state index contributed by atoms with van der Waals surface area (Å²) in [7, 11) is 0. The molecule has 98 valence electrons. The maximum atomic E-state index is 12.3. The van der Waals surface area contributed by atoms with Crippen molar-refractivity contribution in [1.29, 1.82) is 0 Å². The van der Waals surface area contributed by atoms with Crippen molar-refractivity contribution in [3.63, 3.8) is 0 Å². The van der Waals surface area contributed by atoms with Gasteiger partial charge in [-0.3, -0.25) is 4.79 Å². The molecule has 1 saturated carbocycles. The Kier molecular flexibility index (Phi) is 3.57. The minimum Gasteiger partial charge on any atom is -0.399 e. The fourth-order valence-electron chi connectivity index (χ4n) is 2.17. The highest BCUT2D eigenvalue weighted by Crippen LogP contribution is 2.48. The summed E-state index contributed by atoms with van der Waals surface area (Å²) in [4.78, 5) is 12.3. The van der Waals surface area contributed by atoms with Crippen LogP contribution in [0.4, 0.5) is 5.69 Å². The maximum absolute atomic E-state index is 12.3. The van der Waals surface area contributed by atoms with Gasteiger partial charge in [-0.25, -0.2) is 0 Å². The second kappa shape index (κ2) is 4.98. The van der Waals surface area contributed by atoms with Gasteiger partial charge in [-0.2, -0.15) is 0 Å². The molecular weight excluding hydrogens is 228 g/mol. The van der Waals surface area contributed by atoms with Crippen LogP contribution in [-0.4, -0.2) is 23.7 Å². The predicted molar refractivity (Wildman–Crippen MR) is 71.1 cm³/mol. The molecule has 0 radical (unpaired) electrons. The summed E-state index contributed by atoms with van der Waals surface area (Å²) in [5, 5.41) is 12.0. The average Bonchev–Trinajstić information content (AvgIpc) is 3.18. The zero-order valence-corrected chi connectivity index (χ0v) is 10.6. The first kappa shape index (κ1) is 12.9. The third kappa shape index (κ3) is 2.34. The number of nitrogens with two attached hydrogens (primary N) is 1. The molecular formula is C14H20N2O2. The lowest BCUT2D eigenvalue weighted by molar-refractivity contribution is -0.124. The molecule has 0 aliphatic heterocycles. The summed E-state index contributed by atoms with van der Waals surface area (Å²) in [6.45, 7) is 1.93. The van der Waals surface area contributed by atoms with Crippen LogP contribution in [0.1, 0.15) is 31.7 Å². The van der Waals surface area contributed by atoms with Gasteiger partial charge in [0.05, 0.1) is 18.1 Å². The molecule has 0 bridgehead atoms. The molecule has 18 heavy (non-hydrogen) atoms. The molecule has 1 aliphatic rings. The van der Waals surface area contributed by atoms with E-state index in [1.807, 2.05) is 31.2 Å². The molecule has 1 fully saturated rings. The van der Waals surface area contributed by atoms with Crippen molar-refractivity contribution >= 4 is 11.6 Å². The second-order valence-electron chi connectivity index (χ2n) is 4.97. The largest absolute Gasteiger partial charge is 0.399 e. The molecule has 0 heterocycles. The normalized spacial score (nSPS) is 18.1. The van der Waals surface area contributed by atoms with Crippen molar-refractivity contribution in [2.24, 2.45) is 0 Å². The lowest BCUT2D eigenvalue weighted by Gasteiger charge is -2.20. The van der Waals surface area contributed by atoms with Gasteiger partial charge in [-0.15, -0.1) is 0 Å². The minimum atomic E-state index is -0.393. The molecule has 0 aromatic heterocycles. The number of aliphatic hydroxyl groups excluding tert-OH is 1. The van der Waals surface area contributed by atoms with E-state index in [4.69, 9.17) is 10.8 Å². The zero-order chi connectivity index (χ0) is 13.2. The van der Waals surface area contributed by atoms with E-state index in [2.05, 4.69) is 5.32 Å². The molecule has 0 spiro atoms. The highest BCUT2D eigenvalue weighted by Gasteiger charge is 2.51. The maximum Gasteiger partial charge on any atom is 0.230 e. The quantitative estimate of drug-likeness (QED) is 0.685. The predicted octanol–water partition coefficient (Wildman–Crippen LogP) is 1.19. The van der Waals surface area contributed by atoms with Crippen molar-refractivity contribution in [3.05, 3.63) is 29.8 Å². The van der Waals surface area contributed by atoms with E-state index < -0.39 is 5.41 Å². The summed E-state index contributed by atoms with van der Waals surface area (Å²) in [6.07, 6.45) is 2.47. The number of benzene rings is 1. The first-order valence-corrected chi connectivity index (χ1v) is 6.40. The van der Waals surface area contributed by atoms with Crippen LogP contribution in [0.25, 0.3) is 0 Å². The van der Waals surface area contributed by atoms with Crippen molar-refractivity contribution in [2.45, 2.75) is 37.6 Å². The highest BCUT2D eigenvalue weighted by molar-refractivity contribution is 5.91. The number of nitrogen functional groups attached to an aromatic ring is 1. The number of aliphatic hydroxyl groups is 1. The van der Waals surface area contributed by atoms with Crippen molar-refractivity contribution in [3.8, 4) is 0 Å². The van der Waals surface area contributed by atoms with Gasteiger partial charge in [0, 0.05) is 5.69 Å². The van der Waals surface area contributed by atoms with Gasteiger partial charge >= 0.3 is 0 Å². The van der Waals surface area contributed by atoms with Gasteiger partial charge < -0.3 is 16.2 Å². The van der Waals surface area contributed by atoms with Crippen molar-refractivity contribution in [1.82, 2.24) is 5.32 Å². The standard InChI is InChI=1S/C14H20N2O2/c1-2-12(9-17)16-13(18)14(7-8-14)10-3-5-11(15)6-4-10/h3-6,12,17H,2,7-9,15H2,1H3,(H,16,18). The van der Waals surface area contributed by atoms with Crippen LogP contribution in [0.2, 0.25) is 0 Å². The Morgan fingerprint density at radius 3 is 2.50 bits per heavy atom. The summed E-state index contributed by atoms with van der Waals surface area (Å²) in [6, 6.07) is 7.34. The average molecular weight is 248 g/mol. The molecule has 4 N–H and O–H groups in total. The minimum absolute atomic E-state index is 0.0138. The van der Waals surface area contributed by atoms with Crippen LogP contribution >= 0.6 is 0 Å². The van der Waals surface area contributed by atoms with Crippen LogP contribution in [0.15, 0.2) is 24.3 Å². The highest BCUT2D eigenvalue weighted by atomic mass is 16.3.